The maximum atomic E-state index is 12.4. The lowest BCUT2D eigenvalue weighted by Gasteiger charge is -2.25. The van der Waals surface area contributed by atoms with Crippen molar-refractivity contribution in [3.05, 3.63) is 36.2 Å². The van der Waals surface area contributed by atoms with E-state index in [1.807, 2.05) is 29.2 Å². The highest BCUT2D eigenvalue weighted by Gasteiger charge is 2.30. The summed E-state index contributed by atoms with van der Waals surface area (Å²) < 4.78 is 6.62. The Balaban J connectivity index is 1.73. The van der Waals surface area contributed by atoms with Gasteiger partial charge < -0.3 is 9.64 Å². The molecule has 1 saturated heterocycles. The minimum atomic E-state index is 0.0422. The van der Waals surface area contributed by atoms with Crippen molar-refractivity contribution < 1.29 is 9.53 Å². The van der Waals surface area contributed by atoms with E-state index in [0.29, 0.717) is 0 Å². The first-order valence-corrected chi connectivity index (χ1v) is 6.92. The Morgan fingerprint density at radius 3 is 2.86 bits per heavy atom. The molecule has 21 heavy (non-hydrogen) atoms. The van der Waals surface area contributed by atoms with Crippen LogP contribution in [0.3, 0.4) is 0 Å². The molecule has 1 atom stereocenters. The number of hydrogen-bond donors (Lipinski definition) is 0. The first-order chi connectivity index (χ1) is 10.3. The fraction of sp³-hybridized carbons (Fsp3) is 0.429. The number of carbonyl (C=O) groups is 1. The summed E-state index contributed by atoms with van der Waals surface area (Å²) in [6.07, 6.45) is 3.45. The third-order valence-corrected chi connectivity index (χ3v) is 3.76. The molecule has 0 saturated carbocycles. The van der Waals surface area contributed by atoms with Gasteiger partial charge in [-0.2, -0.15) is 0 Å². The first kappa shape index (κ1) is 13.5. The van der Waals surface area contributed by atoms with Gasteiger partial charge in [-0.1, -0.05) is 12.1 Å². The number of aromatic nitrogens is 4. The van der Waals surface area contributed by atoms with Crippen molar-refractivity contribution in [2.45, 2.75) is 25.4 Å². The molecule has 2 aromatic rings. The monoisotopic (exact) mass is 287 g/mol. The van der Waals surface area contributed by atoms with Crippen molar-refractivity contribution in [1.82, 2.24) is 25.1 Å². The lowest BCUT2D eigenvalue weighted by atomic mass is 10.0. The SMILES string of the molecule is COc1ccc([C@H]2CCCN2C(=O)Cn2cnnn2)cc1. The molecule has 1 aliphatic heterocycles. The molecule has 7 heteroatoms. The maximum Gasteiger partial charge on any atom is 0.244 e. The fourth-order valence-electron chi connectivity index (χ4n) is 2.72. The molecule has 1 fully saturated rings. The molecule has 0 aliphatic carbocycles. The number of rotatable bonds is 4. The number of hydrogen-bond acceptors (Lipinski definition) is 5. The lowest BCUT2D eigenvalue weighted by molar-refractivity contribution is -0.133. The molecule has 2 heterocycles. The Labute approximate surface area is 122 Å². The maximum absolute atomic E-state index is 12.4. The number of benzene rings is 1. The van der Waals surface area contributed by atoms with Gasteiger partial charge in [0.15, 0.2) is 0 Å². The van der Waals surface area contributed by atoms with Gasteiger partial charge >= 0.3 is 0 Å². The number of amides is 1. The third kappa shape index (κ3) is 2.86. The molecule has 0 N–H and O–H groups in total. The van der Waals surface area contributed by atoms with Crippen molar-refractivity contribution in [1.29, 1.82) is 0 Å². The number of nitrogens with zero attached hydrogens (tertiary/aromatic N) is 5. The van der Waals surface area contributed by atoms with Crippen molar-refractivity contribution >= 4 is 5.91 Å². The number of likely N-dealkylation sites (tertiary alicyclic amines) is 1. The van der Waals surface area contributed by atoms with Crippen molar-refractivity contribution in [3.63, 3.8) is 0 Å². The summed E-state index contributed by atoms with van der Waals surface area (Å²) in [5.74, 6) is 0.865. The number of carbonyl (C=O) groups excluding carboxylic acids is 1. The number of tetrazole rings is 1. The highest BCUT2D eigenvalue weighted by Crippen LogP contribution is 2.32. The van der Waals surface area contributed by atoms with E-state index < -0.39 is 0 Å². The Kier molecular flexibility index (Phi) is 3.81. The van der Waals surface area contributed by atoms with Crippen LogP contribution in [0.4, 0.5) is 0 Å². The summed E-state index contributed by atoms with van der Waals surface area (Å²) in [5.41, 5.74) is 1.14. The van der Waals surface area contributed by atoms with Crippen molar-refractivity contribution in [3.8, 4) is 5.75 Å². The molecule has 0 radical (unpaired) electrons. The van der Waals surface area contributed by atoms with Gasteiger partial charge in [0.05, 0.1) is 13.2 Å². The Hall–Kier alpha value is -2.44. The van der Waals surface area contributed by atoms with Gasteiger partial charge in [0.25, 0.3) is 0 Å². The van der Waals surface area contributed by atoms with Crippen LogP contribution in [0.15, 0.2) is 30.6 Å². The van der Waals surface area contributed by atoms with Crippen LogP contribution in [0.25, 0.3) is 0 Å². The normalized spacial score (nSPS) is 18.0. The molecule has 1 aliphatic rings. The molecule has 3 rings (SSSR count). The van der Waals surface area contributed by atoms with E-state index in [-0.39, 0.29) is 18.5 Å². The second-order valence-corrected chi connectivity index (χ2v) is 5.03. The quantitative estimate of drug-likeness (QED) is 0.840. The van der Waals surface area contributed by atoms with Gasteiger partial charge in [-0.05, 0) is 41.0 Å². The summed E-state index contributed by atoms with van der Waals surface area (Å²) in [4.78, 5) is 14.3. The molecule has 7 nitrogen and oxygen atoms in total. The zero-order valence-electron chi connectivity index (χ0n) is 11.8. The van der Waals surface area contributed by atoms with Crippen molar-refractivity contribution in [2.24, 2.45) is 0 Å². The molecule has 0 bridgehead atoms. The largest absolute Gasteiger partial charge is 0.497 e. The summed E-state index contributed by atoms with van der Waals surface area (Å²) >= 11 is 0. The summed E-state index contributed by atoms with van der Waals surface area (Å²) in [7, 11) is 1.65. The second-order valence-electron chi connectivity index (χ2n) is 5.03. The molecule has 1 amide bonds. The topological polar surface area (TPSA) is 73.1 Å². The van der Waals surface area contributed by atoms with Crippen molar-refractivity contribution in [2.75, 3.05) is 13.7 Å². The molecule has 0 unspecified atom stereocenters. The van der Waals surface area contributed by atoms with E-state index in [4.69, 9.17) is 4.74 Å². The highest BCUT2D eigenvalue weighted by atomic mass is 16.5. The molecule has 110 valence electrons. The van der Waals surface area contributed by atoms with Crippen LogP contribution in [-0.4, -0.2) is 44.7 Å². The Morgan fingerprint density at radius 1 is 1.38 bits per heavy atom. The number of methoxy groups -OCH3 is 1. The van der Waals surface area contributed by atoms with Crippen LogP contribution < -0.4 is 4.74 Å². The molecule has 1 aromatic carbocycles. The molecule has 0 spiro atoms. The van der Waals surface area contributed by atoms with Crippen LogP contribution in [0.5, 0.6) is 5.75 Å². The Morgan fingerprint density at radius 2 is 2.19 bits per heavy atom. The van der Waals surface area contributed by atoms with Gasteiger partial charge in [-0.25, -0.2) is 4.68 Å². The van der Waals surface area contributed by atoms with Gasteiger partial charge in [-0.3, -0.25) is 4.79 Å². The predicted molar refractivity (Wildman–Crippen MR) is 74.5 cm³/mol. The summed E-state index contributed by atoms with van der Waals surface area (Å²) in [6, 6.07) is 8.02. The van der Waals surface area contributed by atoms with Gasteiger partial charge in [0.1, 0.15) is 18.6 Å². The highest BCUT2D eigenvalue weighted by molar-refractivity contribution is 5.76. The average Bonchev–Trinajstić information content (AvgIpc) is 3.18. The molecular weight excluding hydrogens is 270 g/mol. The van der Waals surface area contributed by atoms with E-state index in [2.05, 4.69) is 15.5 Å². The second kappa shape index (κ2) is 5.90. The van der Waals surface area contributed by atoms with Crippen LogP contribution in [0, 0.1) is 0 Å². The van der Waals surface area contributed by atoms with E-state index >= 15 is 0 Å². The fourth-order valence-corrected chi connectivity index (χ4v) is 2.72. The first-order valence-electron chi connectivity index (χ1n) is 6.92. The van der Waals surface area contributed by atoms with Gasteiger partial charge in [-0.15, -0.1) is 5.10 Å². The van der Waals surface area contributed by atoms with Crippen LogP contribution in [0.1, 0.15) is 24.4 Å². The smallest absolute Gasteiger partial charge is 0.244 e. The van der Waals surface area contributed by atoms with E-state index in [1.54, 1.807) is 7.11 Å². The van der Waals surface area contributed by atoms with E-state index in [1.165, 1.54) is 11.0 Å². The zero-order valence-corrected chi connectivity index (χ0v) is 11.8. The molecule has 1 aromatic heterocycles. The minimum absolute atomic E-state index is 0.0422. The van der Waals surface area contributed by atoms with Crippen LogP contribution in [-0.2, 0) is 11.3 Å². The predicted octanol–water partition coefficient (Wildman–Crippen LogP) is 1.05. The lowest BCUT2D eigenvalue weighted by Crippen LogP contribution is -2.33. The van der Waals surface area contributed by atoms with Gasteiger partial charge in [0.2, 0.25) is 5.91 Å². The molecular formula is C14H17N5O2. The average molecular weight is 287 g/mol. The standard InChI is InChI=1S/C14H17N5O2/c1-21-12-6-4-11(5-7-12)13-3-2-8-19(13)14(20)9-18-10-15-16-17-18/h4-7,10,13H,2-3,8-9H2,1H3/t13-/m1/s1. The third-order valence-electron chi connectivity index (χ3n) is 3.76. The van der Waals surface area contributed by atoms with Crippen LogP contribution in [0.2, 0.25) is 0 Å². The summed E-state index contributed by atoms with van der Waals surface area (Å²) in [6.45, 7) is 0.956. The number of ether oxygens (including phenoxy) is 1. The minimum Gasteiger partial charge on any atom is -0.497 e. The van der Waals surface area contributed by atoms with Gasteiger partial charge in [0, 0.05) is 6.54 Å². The summed E-state index contributed by atoms with van der Waals surface area (Å²) in [5, 5.41) is 10.8. The Bertz CT molecular complexity index is 596. The van der Waals surface area contributed by atoms with Crippen LogP contribution >= 0.6 is 0 Å². The van der Waals surface area contributed by atoms with E-state index in [9.17, 15) is 4.79 Å². The zero-order chi connectivity index (χ0) is 14.7. The van der Waals surface area contributed by atoms with E-state index in [0.717, 1.165) is 30.7 Å².